The van der Waals surface area contributed by atoms with Crippen molar-refractivity contribution >= 4 is 23.1 Å². The second-order valence-electron chi connectivity index (χ2n) is 9.01. The molecule has 4 N–H and O–H groups in total. The lowest BCUT2D eigenvalue weighted by atomic mass is 10.1. The second kappa shape index (κ2) is 9.75. The Morgan fingerprint density at radius 1 is 1.24 bits per heavy atom. The van der Waals surface area contributed by atoms with Crippen LogP contribution in [0.4, 0.5) is 17.2 Å². The van der Waals surface area contributed by atoms with Crippen molar-refractivity contribution in [2.24, 2.45) is 0 Å². The summed E-state index contributed by atoms with van der Waals surface area (Å²) in [4.78, 5) is 36.1. The van der Waals surface area contributed by atoms with Gasteiger partial charge in [-0.3, -0.25) is 14.7 Å². The number of aliphatic hydroxyl groups is 2. The number of nitrogens with zero attached hydrogens (tertiary/aromatic N) is 6. The van der Waals surface area contributed by atoms with Crippen LogP contribution in [0.2, 0.25) is 0 Å². The van der Waals surface area contributed by atoms with Gasteiger partial charge in [0.1, 0.15) is 12.0 Å². The molecule has 1 aliphatic carbocycles. The van der Waals surface area contributed by atoms with Crippen LogP contribution in [-0.4, -0.2) is 65.1 Å². The van der Waals surface area contributed by atoms with Crippen molar-refractivity contribution in [3.05, 3.63) is 60.3 Å². The summed E-state index contributed by atoms with van der Waals surface area (Å²) in [6.07, 6.45) is 8.63. The minimum Gasteiger partial charge on any atom is -0.389 e. The number of pyridine rings is 1. The SMILES string of the molecule is CN(CC(C)(C)O)C(O)c1ncccc1NC(=O)c1nc(C2CC2)cnc1Nc1cncnc1. The van der Waals surface area contributed by atoms with Crippen LogP contribution in [-0.2, 0) is 0 Å². The van der Waals surface area contributed by atoms with Gasteiger partial charge < -0.3 is 20.8 Å². The number of hydrogen-bond acceptors (Lipinski definition) is 10. The second-order valence-corrected chi connectivity index (χ2v) is 9.01. The summed E-state index contributed by atoms with van der Waals surface area (Å²) in [6.45, 7) is 3.49. The van der Waals surface area contributed by atoms with Gasteiger partial charge in [-0.15, -0.1) is 0 Å². The number of hydrogen-bond donors (Lipinski definition) is 4. The first-order valence-electron chi connectivity index (χ1n) is 11.0. The molecule has 1 atom stereocenters. The van der Waals surface area contributed by atoms with E-state index in [1.807, 2.05) is 0 Å². The van der Waals surface area contributed by atoms with Crippen LogP contribution in [0.15, 0.2) is 43.2 Å². The zero-order valence-electron chi connectivity index (χ0n) is 19.3. The lowest BCUT2D eigenvalue weighted by Crippen LogP contribution is -2.38. The summed E-state index contributed by atoms with van der Waals surface area (Å²) in [5.74, 6) is 0.0715. The van der Waals surface area contributed by atoms with E-state index in [0.29, 0.717) is 17.3 Å². The van der Waals surface area contributed by atoms with Crippen LogP contribution in [0.25, 0.3) is 0 Å². The van der Waals surface area contributed by atoms with Gasteiger partial charge in [-0.2, -0.15) is 0 Å². The molecule has 34 heavy (non-hydrogen) atoms. The monoisotopic (exact) mass is 464 g/mol. The van der Waals surface area contributed by atoms with Crippen LogP contribution < -0.4 is 10.6 Å². The molecule has 1 unspecified atom stereocenters. The van der Waals surface area contributed by atoms with Crippen molar-refractivity contribution in [1.29, 1.82) is 0 Å². The van der Waals surface area contributed by atoms with Gasteiger partial charge in [0.2, 0.25) is 0 Å². The van der Waals surface area contributed by atoms with Crippen molar-refractivity contribution < 1.29 is 15.0 Å². The average Bonchev–Trinajstić information content (AvgIpc) is 3.64. The average molecular weight is 465 g/mol. The highest BCUT2D eigenvalue weighted by Crippen LogP contribution is 2.39. The highest BCUT2D eigenvalue weighted by atomic mass is 16.3. The molecule has 178 valence electrons. The fourth-order valence-electron chi connectivity index (χ4n) is 3.54. The number of anilines is 3. The number of aromatic nitrogens is 5. The normalized spacial score (nSPS) is 14.6. The van der Waals surface area contributed by atoms with Gasteiger partial charge in [0, 0.05) is 18.7 Å². The van der Waals surface area contributed by atoms with Crippen molar-refractivity contribution in [2.75, 3.05) is 24.2 Å². The fraction of sp³-hybridized carbons (Fsp3) is 0.391. The molecule has 0 radical (unpaired) electrons. The van der Waals surface area contributed by atoms with Crippen molar-refractivity contribution in [2.45, 2.75) is 44.4 Å². The molecule has 3 heterocycles. The molecule has 3 aromatic heterocycles. The molecule has 1 amide bonds. The quantitative estimate of drug-likeness (QED) is 0.347. The van der Waals surface area contributed by atoms with Gasteiger partial charge in [0.25, 0.3) is 5.91 Å². The molecule has 4 rings (SSSR count). The van der Waals surface area contributed by atoms with E-state index in [4.69, 9.17) is 0 Å². The first-order chi connectivity index (χ1) is 16.2. The van der Waals surface area contributed by atoms with E-state index in [1.54, 1.807) is 56.5 Å². The van der Waals surface area contributed by atoms with E-state index in [-0.39, 0.29) is 23.8 Å². The van der Waals surface area contributed by atoms with E-state index >= 15 is 0 Å². The molecule has 3 aromatic rings. The lowest BCUT2D eigenvalue weighted by molar-refractivity contribution is -0.0375. The van der Waals surface area contributed by atoms with Crippen molar-refractivity contribution in [1.82, 2.24) is 29.8 Å². The molecule has 1 saturated carbocycles. The van der Waals surface area contributed by atoms with Gasteiger partial charge in [0.05, 0.1) is 41.3 Å². The van der Waals surface area contributed by atoms with E-state index < -0.39 is 17.7 Å². The summed E-state index contributed by atoms with van der Waals surface area (Å²) >= 11 is 0. The molecular formula is C23H28N8O3. The molecule has 0 saturated heterocycles. The molecule has 0 aliphatic heterocycles. The first kappa shape index (κ1) is 23.6. The van der Waals surface area contributed by atoms with E-state index in [2.05, 4.69) is 35.6 Å². The third kappa shape index (κ3) is 5.87. The number of carbonyl (C=O) groups is 1. The Balaban J connectivity index is 1.61. The lowest BCUT2D eigenvalue weighted by Gasteiger charge is -2.29. The first-order valence-corrected chi connectivity index (χ1v) is 11.0. The highest BCUT2D eigenvalue weighted by molar-refractivity contribution is 6.06. The van der Waals surface area contributed by atoms with E-state index in [0.717, 1.165) is 18.5 Å². The van der Waals surface area contributed by atoms with Crippen LogP contribution in [0.3, 0.4) is 0 Å². The van der Waals surface area contributed by atoms with Crippen molar-refractivity contribution in [3.63, 3.8) is 0 Å². The zero-order valence-corrected chi connectivity index (χ0v) is 19.3. The topological polar surface area (TPSA) is 149 Å². The number of amides is 1. The summed E-state index contributed by atoms with van der Waals surface area (Å²) in [6, 6.07) is 3.31. The summed E-state index contributed by atoms with van der Waals surface area (Å²) in [5, 5.41) is 26.8. The maximum absolute atomic E-state index is 13.3. The third-order valence-corrected chi connectivity index (χ3v) is 5.21. The molecule has 0 aromatic carbocycles. The Morgan fingerprint density at radius 3 is 2.65 bits per heavy atom. The van der Waals surface area contributed by atoms with Gasteiger partial charge in [0.15, 0.2) is 17.7 Å². The van der Waals surface area contributed by atoms with E-state index in [1.165, 1.54) is 12.5 Å². The third-order valence-electron chi connectivity index (χ3n) is 5.21. The smallest absolute Gasteiger partial charge is 0.278 e. The van der Waals surface area contributed by atoms with Crippen LogP contribution in [0.5, 0.6) is 0 Å². The maximum Gasteiger partial charge on any atom is 0.278 e. The number of likely N-dealkylation sites (N-methyl/N-ethyl adjacent to an activating group) is 1. The molecule has 0 spiro atoms. The van der Waals surface area contributed by atoms with Crippen LogP contribution in [0, 0.1) is 0 Å². The Kier molecular flexibility index (Phi) is 6.77. The Bertz CT molecular complexity index is 1150. The Labute approximate surface area is 197 Å². The molecule has 1 aliphatic rings. The standard InChI is InChI=1S/C23H28N8O3/c1-23(2,34)12-31(3)22(33)18-16(5-4-8-26-18)30-21(32)19-20(28-15-9-24-13-25-10-15)27-11-17(29-19)14-6-7-14/h4-5,8-11,13-14,22,33-34H,6-7,12H2,1-3H3,(H,27,28)(H,30,32). The summed E-state index contributed by atoms with van der Waals surface area (Å²) < 4.78 is 0. The van der Waals surface area contributed by atoms with Crippen LogP contribution in [0.1, 0.15) is 60.7 Å². The van der Waals surface area contributed by atoms with Gasteiger partial charge in [-0.05, 0) is 45.9 Å². The Morgan fingerprint density at radius 2 is 1.97 bits per heavy atom. The minimum absolute atomic E-state index is 0.113. The number of rotatable bonds is 9. The van der Waals surface area contributed by atoms with Crippen LogP contribution >= 0.6 is 0 Å². The Hall–Kier alpha value is -3.54. The maximum atomic E-state index is 13.3. The molecular weight excluding hydrogens is 436 g/mol. The summed E-state index contributed by atoms with van der Waals surface area (Å²) in [7, 11) is 1.66. The number of carbonyl (C=O) groups excluding carboxylic acids is 1. The number of nitrogens with one attached hydrogen (secondary N) is 2. The molecule has 1 fully saturated rings. The van der Waals surface area contributed by atoms with Gasteiger partial charge >= 0.3 is 0 Å². The van der Waals surface area contributed by atoms with E-state index in [9.17, 15) is 15.0 Å². The fourth-order valence-corrected chi connectivity index (χ4v) is 3.54. The van der Waals surface area contributed by atoms with Gasteiger partial charge in [-0.25, -0.2) is 19.9 Å². The van der Waals surface area contributed by atoms with Crippen molar-refractivity contribution in [3.8, 4) is 0 Å². The predicted molar refractivity (Wildman–Crippen MR) is 125 cm³/mol. The largest absolute Gasteiger partial charge is 0.389 e. The summed E-state index contributed by atoms with van der Waals surface area (Å²) in [5.41, 5.74) is 0.999. The molecule has 11 nitrogen and oxygen atoms in total. The highest BCUT2D eigenvalue weighted by Gasteiger charge is 2.29. The molecule has 11 heteroatoms. The predicted octanol–water partition coefficient (Wildman–Crippen LogP) is 2.23. The zero-order chi connectivity index (χ0) is 24.3. The minimum atomic E-state index is -1.15. The van der Waals surface area contributed by atoms with Gasteiger partial charge in [-0.1, -0.05) is 0 Å². The number of aliphatic hydroxyl groups excluding tert-OH is 1. The molecule has 0 bridgehead atoms.